The molecule has 2 rings (SSSR count). The van der Waals surface area contributed by atoms with Gasteiger partial charge in [0, 0.05) is 16.9 Å². The molecule has 1 atom stereocenters. The van der Waals surface area contributed by atoms with E-state index in [2.05, 4.69) is 18.8 Å². The average molecular weight is 386 g/mol. The largest absolute Gasteiger partial charge is 0.458 e. The Bertz CT molecular complexity index is 730. The monoisotopic (exact) mass is 385 g/mol. The fourth-order valence-electron chi connectivity index (χ4n) is 2.67. The summed E-state index contributed by atoms with van der Waals surface area (Å²) in [4.78, 5) is 17.9. The topological polar surface area (TPSA) is 38.7 Å². The minimum atomic E-state index is -0.942. The smallest absolute Gasteiger partial charge is 0.332 e. The molecule has 0 spiro atoms. The van der Waals surface area contributed by atoms with E-state index in [9.17, 15) is 4.79 Å². The minimum absolute atomic E-state index is 0.255. The molecule has 0 radical (unpaired) electrons. The molecule has 0 unspecified atom stereocenters. The number of benzene rings is 2. The van der Waals surface area contributed by atoms with Gasteiger partial charge in [-0.3, -0.25) is 4.99 Å². The summed E-state index contributed by atoms with van der Waals surface area (Å²) >= 11 is 0. The number of carbonyl (C=O) groups is 1. The first-order valence-electron chi connectivity index (χ1n) is 9.13. The Balaban J connectivity index is 2.51. The Hall–Kier alpha value is -2.07. The third-order valence-corrected chi connectivity index (χ3v) is 5.03. The molecule has 0 heterocycles. The highest BCUT2D eigenvalue weighted by Gasteiger charge is 2.28. The van der Waals surface area contributed by atoms with E-state index >= 15 is 0 Å². The highest BCUT2D eigenvalue weighted by atomic mass is 32.3. The van der Waals surface area contributed by atoms with Crippen molar-refractivity contribution in [3.05, 3.63) is 71.8 Å². The molecule has 2 aromatic rings. The van der Waals surface area contributed by atoms with Gasteiger partial charge in [-0.05, 0) is 39.5 Å². The van der Waals surface area contributed by atoms with Gasteiger partial charge in [-0.1, -0.05) is 60.7 Å². The van der Waals surface area contributed by atoms with Crippen molar-refractivity contribution in [1.29, 1.82) is 0 Å². The lowest BCUT2D eigenvalue weighted by Crippen LogP contribution is -2.34. The van der Waals surface area contributed by atoms with Crippen molar-refractivity contribution < 1.29 is 9.53 Å². The normalized spacial score (nSPS) is 13.6. The molecule has 0 fully saturated rings. The van der Waals surface area contributed by atoms with Crippen LogP contribution in [0.2, 0.25) is 0 Å². The van der Waals surface area contributed by atoms with E-state index in [1.165, 1.54) is 0 Å². The number of hydrogen-bond donors (Lipinski definition) is 0. The van der Waals surface area contributed by atoms with Gasteiger partial charge in [-0.25, -0.2) is 14.8 Å². The molecule has 0 saturated heterocycles. The van der Waals surface area contributed by atoms with E-state index in [1.54, 1.807) is 0 Å². The van der Waals surface area contributed by atoms with Crippen molar-refractivity contribution >= 4 is 21.7 Å². The van der Waals surface area contributed by atoms with E-state index < -0.39 is 21.7 Å². The summed E-state index contributed by atoms with van der Waals surface area (Å²) in [6.07, 6.45) is 6.60. The van der Waals surface area contributed by atoms with Crippen LogP contribution in [0.5, 0.6) is 0 Å². The maximum atomic E-state index is 12.9. The lowest BCUT2D eigenvalue weighted by Gasteiger charge is -2.30. The highest BCUT2D eigenvalue weighted by Crippen LogP contribution is 2.36. The Labute approximate surface area is 165 Å². The van der Waals surface area contributed by atoms with Crippen LogP contribution in [0.3, 0.4) is 0 Å². The summed E-state index contributed by atoms with van der Waals surface area (Å²) in [6.45, 7) is 5.68. The molecule has 27 heavy (non-hydrogen) atoms. The van der Waals surface area contributed by atoms with Gasteiger partial charge in [0.25, 0.3) is 0 Å². The van der Waals surface area contributed by atoms with Crippen LogP contribution in [-0.2, 0) is 9.53 Å². The summed E-state index contributed by atoms with van der Waals surface area (Å²) in [5, 5.41) is 0. The molecular weight excluding hydrogens is 354 g/mol. The average Bonchev–Trinajstić information content (AvgIpc) is 2.57. The van der Waals surface area contributed by atoms with E-state index in [-0.39, 0.29) is 5.97 Å². The van der Waals surface area contributed by atoms with Crippen LogP contribution in [0, 0.1) is 0 Å². The molecule has 0 aliphatic heterocycles. The maximum Gasteiger partial charge on any atom is 0.332 e. The Morgan fingerprint density at radius 3 is 1.74 bits per heavy atom. The SMILES string of the molecule is CC(C)(C)OC(=O)[C@H](CS(C)(C)C)N=C(c1ccccc1)c1ccccc1. The third kappa shape index (κ3) is 7.22. The molecule has 3 nitrogen and oxygen atoms in total. The Morgan fingerprint density at radius 2 is 1.37 bits per heavy atom. The standard InChI is InChI=1S/C23H31NO2S/c1-23(2,3)26-22(25)20(17-27(4,5)6)24-21(18-13-9-7-10-14-18)19-15-11-8-12-16-19/h7-16,20H,17H2,1-6H3/t20-/m0/s1. The van der Waals surface area contributed by atoms with Crippen LogP contribution >= 0.6 is 10.0 Å². The number of esters is 1. The van der Waals surface area contributed by atoms with Crippen molar-refractivity contribution in [3.63, 3.8) is 0 Å². The van der Waals surface area contributed by atoms with Crippen molar-refractivity contribution in [2.75, 3.05) is 24.5 Å². The predicted molar refractivity (Wildman–Crippen MR) is 118 cm³/mol. The first-order valence-corrected chi connectivity index (χ1v) is 12.2. The minimum Gasteiger partial charge on any atom is -0.458 e. The van der Waals surface area contributed by atoms with Gasteiger partial charge in [0.05, 0.1) is 5.71 Å². The van der Waals surface area contributed by atoms with Crippen LogP contribution in [0.15, 0.2) is 65.7 Å². The fourth-order valence-corrected chi connectivity index (χ4v) is 3.82. The van der Waals surface area contributed by atoms with E-state index in [0.29, 0.717) is 5.75 Å². The van der Waals surface area contributed by atoms with Gasteiger partial charge in [0.1, 0.15) is 5.60 Å². The molecule has 146 valence electrons. The summed E-state index contributed by atoms with van der Waals surface area (Å²) in [7, 11) is -0.942. The van der Waals surface area contributed by atoms with E-state index in [1.807, 2.05) is 81.4 Å². The van der Waals surface area contributed by atoms with Gasteiger partial charge < -0.3 is 4.74 Å². The van der Waals surface area contributed by atoms with Gasteiger partial charge in [-0.2, -0.15) is 0 Å². The number of rotatable bonds is 6. The maximum absolute atomic E-state index is 12.9. The van der Waals surface area contributed by atoms with Crippen LogP contribution in [0.25, 0.3) is 0 Å². The second-order valence-corrected chi connectivity index (χ2v) is 13.0. The first-order chi connectivity index (χ1) is 12.6. The van der Waals surface area contributed by atoms with E-state index in [4.69, 9.17) is 9.73 Å². The quantitative estimate of drug-likeness (QED) is 0.522. The zero-order valence-electron chi connectivity index (χ0n) is 17.2. The molecule has 0 aliphatic rings. The van der Waals surface area contributed by atoms with Crippen LogP contribution in [-0.4, -0.2) is 47.8 Å². The molecule has 2 aromatic carbocycles. The zero-order valence-corrected chi connectivity index (χ0v) is 18.0. The number of ether oxygens (including phenoxy) is 1. The predicted octanol–water partition coefficient (Wildman–Crippen LogP) is 4.93. The van der Waals surface area contributed by atoms with Crippen LogP contribution in [0.1, 0.15) is 31.9 Å². The first kappa shape index (κ1) is 21.2. The number of aliphatic imine (C=N–C) groups is 1. The van der Waals surface area contributed by atoms with Gasteiger partial charge in [0.15, 0.2) is 6.04 Å². The van der Waals surface area contributed by atoms with Crippen LogP contribution in [0.4, 0.5) is 0 Å². The fraction of sp³-hybridized carbons (Fsp3) is 0.391. The van der Waals surface area contributed by atoms with Gasteiger partial charge in [0.2, 0.25) is 0 Å². The molecular formula is C23H31NO2S. The molecule has 0 aromatic heterocycles. The molecule has 0 amide bonds. The Kier molecular flexibility index (Phi) is 6.88. The second kappa shape index (κ2) is 8.75. The highest BCUT2D eigenvalue weighted by molar-refractivity contribution is 8.32. The summed E-state index contributed by atoms with van der Waals surface area (Å²) in [6, 6.07) is 19.5. The van der Waals surface area contributed by atoms with Gasteiger partial charge >= 0.3 is 5.97 Å². The zero-order chi connectivity index (χ0) is 20.1. The lowest BCUT2D eigenvalue weighted by molar-refractivity contribution is -0.155. The third-order valence-electron chi connectivity index (χ3n) is 3.72. The lowest BCUT2D eigenvalue weighted by atomic mass is 10.0. The van der Waals surface area contributed by atoms with E-state index in [0.717, 1.165) is 16.8 Å². The molecule has 0 aliphatic carbocycles. The summed E-state index contributed by atoms with van der Waals surface area (Å²) in [5.74, 6) is 0.444. The van der Waals surface area contributed by atoms with Crippen molar-refractivity contribution in [2.24, 2.45) is 4.99 Å². The van der Waals surface area contributed by atoms with Crippen molar-refractivity contribution in [1.82, 2.24) is 0 Å². The Morgan fingerprint density at radius 1 is 0.926 bits per heavy atom. The molecule has 0 N–H and O–H groups in total. The molecule has 0 saturated carbocycles. The second-order valence-electron chi connectivity index (χ2n) is 8.52. The molecule has 4 heteroatoms. The summed E-state index contributed by atoms with van der Waals surface area (Å²) in [5.41, 5.74) is 2.30. The van der Waals surface area contributed by atoms with Crippen molar-refractivity contribution in [3.8, 4) is 0 Å². The summed E-state index contributed by atoms with van der Waals surface area (Å²) < 4.78 is 5.69. The number of nitrogens with zero attached hydrogens (tertiary/aromatic N) is 1. The van der Waals surface area contributed by atoms with Gasteiger partial charge in [-0.15, -0.1) is 0 Å². The number of carbonyl (C=O) groups excluding carboxylic acids is 1. The molecule has 0 bridgehead atoms. The van der Waals surface area contributed by atoms with Crippen LogP contribution < -0.4 is 0 Å². The van der Waals surface area contributed by atoms with Crippen molar-refractivity contribution in [2.45, 2.75) is 32.4 Å². The number of hydrogen-bond acceptors (Lipinski definition) is 3.